The van der Waals surface area contributed by atoms with E-state index >= 15 is 0 Å². The summed E-state index contributed by atoms with van der Waals surface area (Å²) in [6, 6.07) is 0. The van der Waals surface area contributed by atoms with Gasteiger partial charge in [0.2, 0.25) is 0 Å². The normalized spacial score (nSPS) is 26.2. The summed E-state index contributed by atoms with van der Waals surface area (Å²) in [5.74, 6) is -0.385. The number of aliphatic hydroxyl groups is 7. The molecule has 0 aromatic heterocycles. The van der Waals surface area contributed by atoms with E-state index < -0.39 is 80.7 Å². The number of unbranched alkanes of at least 4 members (excludes halogenated alkanes) is 20. The first-order chi connectivity index (χ1) is 33.1. The van der Waals surface area contributed by atoms with E-state index in [1.807, 2.05) is 0 Å². The van der Waals surface area contributed by atoms with Gasteiger partial charge in [0, 0.05) is 13.0 Å². The van der Waals surface area contributed by atoms with Gasteiger partial charge in [-0.3, -0.25) is 4.79 Å². The van der Waals surface area contributed by atoms with E-state index in [1.165, 1.54) is 83.5 Å². The highest BCUT2D eigenvalue weighted by molar-refractivity contribution is 5.69. The molecule has 11 atom stereocenters. The van der Waals surface area contributed by atoms with Crippen molar-refractivity contribution in [3.8, 4) is 0 Å². The molecule has 396 valence electrons. The molecule has 2 rings (SSSR count). The first-order valence-corrected chi connectivity index (χ1v) is 26.7. The molecular weight excluding hydrogens is 873 g/mol. The summed E-state index contributed by atoms with van der Waals surface area (Å²) in [5.41, 5.74) is 0. The quantitative estimate of drug-likeness (QED) is 0.0174. The summed E-state index contributed by atoms with van der Waals surface area (Å²) in [4.78, 5) is 13.0. The van der Waals surface area contributed by atoms with Gasteiger partial charge in [-0.1, -0.05) is 159 Å². The molecule has 0 radical (unpaired) electrons. The van der Waals surface area contributed by atoms with Crippen LogP contribution in [0.25, 0.3) is 0 Å². The fourth-order valence-electron chi connectivity index (χ4n) is 8.15. The van der Waals surface area contributed by atoms with E-state index in [9.17, 15) is 40.5 Å². The van der Waals surface area contributed by atoms with Crippen molar-refractivity contribution in [2.24, 2.45) is 0 Å². The number of hydrogen-bond acceptors (Lipinski definition) is 14. The lowest BCUT2D eigenvalue weighted by atomic mass is 9.98. The Morgan fingerprint density at radius 1 is 0.485 bits per heavy atom. The van der Waals surface area contributed by atoms with Crippen LogP contribution < -0.4 is 0 Å². The van der Waals surface area contributed by atoms with Gasteiger partial charge in [0.05, 0.1) is 26.4 Å². The average molecular weight is 969 g/mol. The van der Waals surface area contributed by atoms with E-state index in [4.69, 9.17) is 28.4 Å². The summed E-state index contributed by atoms with van der Waals surface area (Å²) in [5, 5.41) is 72.2. The van der Waals surface area contributed by atoms with Gasteiger partial charge in [-0.2, -0.15) is 0 Å². The van der Waals surface area contributed by atoms with Crippen molar-refractivity contribution in [2.45, 2.75) is 255 Å². The van der Waals surface area contributed by atoms with Crippen molar-refractivity contribution >= 4 is 5.97 Å². The number of aliphatic hydroxyl groups excluding tert-OH is 7. The minimum absolute atomic E-state index is 0.0519. The fourth-order valence-corrected chi connectivity index (χ4v) is 8.15. The number of rotatable bonds is 42. The first-order valence-electron chi connectivity index (χ1n) is 26.7. The van der Waals surface area contributed by atoms with Crippen molar-refractivity contribution < 1.29 is 69.0 Å². The third kappa shape index (κ3) is 28.7. The van der Waals surface area contributed by atoms with Crippen molar-refractivity contribution in [1.29, 1.82) is 0 Å². The van der Waals surface area contributed by atoms with Crippen LogP contribution in [0.4, 0.5) is 0 Å². The molecule has 2 saturated heterocycles. The Kier molecular flexibility index (Phi) is 37.9. The number of allylic oxidation sites excluding steroid dienone is 8. The van der Waals surface area contributed by atoms with Crippen molar-refractivity contribution in [3.63, 3.8) is 0 Å². The van der Waals surface area contributed by atoms with Crippen LogP contribution in [0.5, 0.6) is 0 Å². The molecule has 0 aromatic carbocycles. The summed E-state index contributed by atoms with van der Waals surface area (Å²) in [6.07, 6.45) is 31.6. The van der Waals surface area contributed by atoms with Crippen molar-refractivity contribution in [3.05, 3.63) is 48.6 Å². The van der Waals surface area contributed by atoms with Crippen LogP contribution in [-0.4, -0.2) is 142 Å². The molecule has 0 saturated carbocycles. The Morgan fingerprint density at radius 3 is 1.46 bits per heavy atom. The molecule has 2 aliphatic heterocycles. The molecule has 0 spiro atoms. The number of esters is 1. The second kappa shape index (κ2) is 41.6. The summed E-state index contributed by atoms with van der Waals surface area (Å²) < 4.78 is 34.3. The van der Waals surface area contributed by atoms with Crippen LogP contribution in [-0.2, 0) is 33.2 Å². The smallest absolute Gasteiger partial charge is 0.306 e. The average Bonchev–Trinajstić information content (AvgIpc) is 3.33. The maximum atomic E-state index is 13.0. The van der Waals surface area contributed by atoms with Gasteiger partial charge in [0.15, 0.2) is 12.6 Å². The largest absolute Gasteiger partial charge is 0.457 e. The molecule has 0 aromatic rings. The Bertz CT molecular complexity index is 1310. The standard InChI is InChI=1S/C54H96O14/c1-3-5-7-9-11-13-15-17-19-20-21-22-23-25-27-29-31-33-35-37-46(56)66-43(40-63-38-36-34-32-30-28-26-24-18-16-14-12-10-8-6-4-2)41-64-53-52(62)50(60)48(58)45(68-53)42-65-54-51(61)49(59)47(57)44(39-55)67-54/h10-13,16-19,43-45,47-55,57-62H,3-9,14-15,20-42H2,1-2H3/b12-10-,13-11-,18-16-,19-17-. The molecule has 2 aliphatic rings. The number of hydrogen-bond donors (Lipinski definition) is 7. The van der Waals surface area contributed by atoms with E-state index in [2.05, 4.69) is 62.5 Å². The molecule has 2 heterocycles. The minimum Gasteiger partial charge on any atom is -0.457 e. The Morgan fingerprint density at radius 2 is 0.926 bits per heavy atom. The maximum absolute atomic E-state index is 13.0. The molecular formula is C54H96O14. The molecule has 14 heteroatoms. The molecule has 11 unspecified atom stereocenters. The minimum atomic E-state index is -1.71. The third-order valence-electron chi connectivity index (χ3n) is 12.6. The van der Waals surface area contributed by atoms with Crippen LogP contribution in [0.1, 0.15) is 187 Å². The highest BCUT2D eigenvalue weighted by Gasteiger charge is 2.47. The molecule has 14 nitrogen and oxygen atoms in total. The van der Waals surface area contributed by atoms with Gasteiger partial charge in [-0.15, -0.1) is 0 Å². The maximum Gasteiger partial charge on any atom is 0.306 e. The zero-order chi connectivity index (χ0) is 49.5. The van der Waals surface area contributed by atoms with Gasteiger partial charge in [0.1, 0.15) is 54.9 Å². The van der Waals surface area contributed by atoms with E-state index in [0.717, 1.165) is 77.0 Å². The lowest BCUT2D eigenvalue weighted by Gasteiger charge is -2.42. The van der Waals surface area contributed by atoms with Crippen LogP contribution in [0.3, 0.4) is 0 Å². The molecule has 7 N–H and O–H groups in total. The van der Waals surface area contributed by atoms with E-state index in [-0.39, 0.29) is 25.6 Å². The number of ether oxygens (including phenoxy) is 6. The first kappa shape index (κ1) is 62.1. The number of carbonyl (C=O) groups excluding carboxylic acids is 1. The Labute approximate surface area is 410 Å². The van der Waals surface area contributed by atoms with Crippen LogP contribution >= 0.6 is 0 Å². The molecule has 0 bridgehead atoms. The second-order valence-corrected chi connectivity index (χ2v) is 18.7. The Balaban J connectivity index is 1.76. The van der Waals surface area contributed by atoms with Gasteiger partial charge in [-0.25, -0.2) is 0 Å². The lowest BCUT2D eigenvalue weighted by molar-refractivity contribution is -0.332. The predicted molar refractivity (Wildman–Crippen MR) is 266 cm³/mol. The van der Waals surface area contributed by atoms with Gasteiger partial charge in [0.25, 0.3) is 0 Å². The molecule has 0 amide bonds. The monoisotopic (exact) mass is 969 g/mol. The van der Waals surface area contributed by atoms with Crippen LogP contribution in [0.2, 0.25) is 0 Å². The Hall–Kier alpha value is -2.05. The second-order valence-electron chi connectivity index (χ2n) is 18.7. The SMILES string of the molecule is CCCC/C=C\C/C=C\CCCCCCCCOCC(COC1OC(COC2OC(CO)C(O)C(O)C2O)C(O)C(O)C1O)OC(=O)CCCCCCCCCCC/C=C\C/C=C\CCCCC. The van der Waals surface area contributed by atoms with Crippen molar-refractivity contribution in [1.82, 2.24) is 0 Å². The van der Waals surface area contributed by atoms with Gasteiger partial charge >= 0.3 is 5.97 Å². The van der Waals surface area contributed by atoms with Crippen LogP contribution in [0.15, 0.2) is 48.6 Å². The highest BCUT2D eigenvalue weighted by atomic mass is 16.7. The van der Waals surface area contributed by atoms with Gasteiger partial charge < -0.3 is 64.2 Å². The van der Waals surface area contributed by atoms with Gasteiger partial charge in [-0.05, 0) is 70.6 Å². The lowest BCUT2D eigenvalue weighted by Crippen LogP contribution is -2.61. The summed E-state index contributed by atoms with van der Waals surface area (Å²) in [6.45, 7) is 3.60. The van der Waals surface area contributed by atoms with E-state index in [1.54, 1.807) is 0 Å². The van der Waals surface area contributed by atoms with E-state index in [0.29, 0.717) is 13.0 Å². The summed E-state index contributed by atoms with van der Waals surface area (Å²) >= 11 is 0. The summed E-state index contributed by atoms with van der Waals surface area (Å²) in [7, 11) is 0. The molecule has 0 aliphatic carbocycles. The highest BCUT2D eigenvalue weighted by Crippen LogP contribution is 2.26. The van der Waals surface area contributed by atoms with Crippen LogP contribution in [0, 0.1) is 0 Å². The number of carbonyl (C=O) groups is 1. The molecule has 2 fully saturated rings. The zero-order valence-electron chi connectivity index (χ0n) is 42.1. The van der Waals surface area contributed by atoms with Crippen molar-refractivity contribution in [2.75, 3.05) is 33.0 Å². The zero-order valence-corrected chi connectivity index (χ0v) is 42.1. The molecule has 68 heavy (non-hydrogen) atoms. The third-order valence-corrected chi connectivity index (χ3v) is 12.6. The predicted octanol–water partition coefficient (Wildman–Crippen LogP) is 8.35. The topological polar surface area (TPSA) is 214 Å². The fraction of sp³-hybridized carbons (Fsp3) is 0.833.